The smallest absolute Gasteiger partial charge is 0.0175 e. The average molecular weight is 231 g/mol. The van der Waals surface area contributed by atoms with Gasteiger partial charge in [-0.1, -0.05) is 28.1 Å². The summed E-state index contributed by atoms with van der Waals surface area (Å²) in [6.07, 6.45) is 1.24. The van der Waals surface area contributed by atoms with E-state index in [0.29, 0.717) is 0 Å². The molecule has 0 aromatic heterocycles. The zero-order chi connectivity index (χ0) is 8.27. The van der Waals surface area contributed by atoms with Crippen molar-refractivity contribution >= 4 is 23.9 Å². The maximum atomic E-state index is 3.42. The van der Waals surface area contributed by atoms with Crippen molar-refractivity contribution in [3.05, 3.63) is 34.3 Å². The third kappa shape index (κ3) is 3.35. The van der Waals surface area contributed by atoms with Crippen LogP contribution in [-0.4, -0.2) is 13.3 Å². The van der Waals surface area contributed by atoms with Gasteiger partial charge in [0.05, 0.1) is 0 Å². The first-order chi connectivity index (χ1) is 5.18. The Morgan fingerprint density at radius 1 is 1.18 bits per heavy atom. The number of hydrogen-bond donors (Lipinski definition) is 0. The minimum atomic E-state index is 0.198. The highest BCUT2D eigenvalue weighted by Gasteiger charge is 1.95. The average Bonchev–Trinajstić information content (AvgIpc) is 1.93. The molecule has 0 aliphatic heterocycles. The fourth-order valence-electron chi connectivity index (χ4n) is 0.955. The predicted molar refractivity (Wildman–Crippen MR) is 56.6 cm³/mol. The van der Waals surface area contributed by atoms with Crippen molar-refractivity contribution in [2.45, 2.75) is 6.16 Å². The van der Waals surface area contributed by atoms with E-state index in [9.17, 15) is 0 Å². The highest BCUT2D eigenvalue weighted by molar-refractivity contribution is 9.10. The van der Waals surface area contributed by atoms with Crippen LogP contribution in [0, 0.1) is 0 Å². The number of rotatable bonds is 2. The highest BCUT2D eigenvalue weighted by Crippen LogP contribution is 2.30. The molecule has 0 saturated heterocycles. The lowest BCUT2D eigenvalue weighted by Crippen LogP contribution is -1.80. The zero-order valence-corrected chi connectivity index (χ0v) is 9.32. The lowest BCUT2D eigenvalue weighted by atomic mass is 10.2. The van der Waals surface area contributed by atoms with Crippen molar-refractivity contribution in [3.63, 3.8) is 0 Å². The molecule has 0 aliphatic carbocycles. The molecule has 0 bridgehead atoms. The van der Waals surface area contributed by atoms with E-state index in [1.807, 2.05) is 0 Å². The van der Waals surface area contributed by atoms with Gasteiger partial charge in [0.15, 0.2) is 0 Å². The molecular formula is C9H12BrP. The van der Waals surface area contributed by atoms with Crippen LogP contribution < -0.4 is 0 Å². The second-order valence-corrected chi connectivity index (χ2v) is 6.26. The van der Waals surface area contributed by atoms with Gasteiger partial charge < -0.3 is 0 Å². The van der Waals surface area contributed by atoms with Crippen LogP contribution in [0.1, 0.15) is 5.56 Å². The maximum Gasteiger partial charge on any atom is 0.0175 e. The molecule has 0 fully saturated rings. The van der Waals surface area contributed by atoms with Gasteiger partial charge >= 0.3 is 0 Å². The van der Waals surface area contributed by atoms with Crippen molar-refractivity contribution < 1.29 is 0 Å². The molecule has 0 heterocycles. The van der Waals surface area contributed by atoms with Crippen LogP contribution in [0.3, 0.4) is 0 Å². The molecule has 1 aromatic carbocycles. The first kappa shape index (κ1) is 9.22. The van der Waals surface area contributed by atoms with Crippen LogP contribution in [0.5, 0.6) is 0 Å². The molecule has 60 valence electrons. The zero-order valence-electron chi connectivity index (χ0n) is 6.84. The van der Waals surface area contributed by atoms with E-state index in [4.69, 9.17) is 0 Å². The van der Waals surface area contributed by atoms with Gasteiger partial charge in [-0.3, -0.25) is 0 Å². The minimum absolute atomic E-state index is 0.198. The molecule has 0 aliphatic rings. The monoisotopic (exact) mass is 230 g/mol. The van der Waals surface area contributed by atoms with E-state index in [1.165, 1.54) is 11.7 Å². The highest BCUT2D eigenvalue weighted by atomic mass is 79.9. The first-order valence-electron chi connectivity index (χ1n) is 3.57. The SMILES string of the molecule is CP(C)Cc1ccc(Br)cc1. The second kappa shape index (κ2) is 4.23. The third-order valence-corrected chi connectivity index (χ3v) is 2.94. The second-order valence-electron chi connectivity index (χ2n) is 2.86. The quantitative estimate of drug-likeness (QED) is 0.681. The third-order valence-electron chi connectivity index (χ3n) is 1.41. The minimum Gasteiger partial charge on any atom is -0.109 e. The van der Waals surface area contributed by atoms with Crippen molar-refractivity contribution in [1.29, 1.82) is 0 Å². The van der Waals surface area contributed by atoms with Gasteiger partial charge in [-0.25, -0.2) is 0 Å². The summed E-state index contributed by atoms with van der Waals surface area (Å²) in [4.78, 5) is 0. The van der Waals surface area contributed by atoms with E-state index >= 15 is 0 Å². The summed E-state index contributed by atoms with van der Waals surface area (Å²) in [5.41, 5.74) is 1.45. The number of halogens is 1. The molecular weight excluding hydrogens is 219 g/mol. The first-order valence-corrected chi connectivity index (χ1v) is 6.79. The van der Waals surface area contributed by atoms with Crippen LogP contribution in [0.4, 0.5) is 0 Å². The fraction of sp³-hybridized carbons (Fsp3) is 0.333. The lowest BCUT2D eigenvalue weighted by molar-refractivity contribution is 1.39. The number of benzene rings is 1. The molecule has 2 heteroatoms. The van der Waals surface area contributed by atoms with Crippen LogP contribution in [0.2, 0.25) is 0 Å². The molecule has 0 radical (unpaired) electrons. The van der Waals surface area contributed by atoms with E-state index in [1.54, 1.807) is 0 Å². The molecule has 0 N–H and O–H groups in total. The van der Waals surface area contributed by atoms with Gasteiger partial charge in [0.2, 0.25) is 0 Å². The molecule has 11 heavy (non-hydrogen) atoms. The summed E-state index contributed by atoms with van der Waals surface area (Å²) in [6, 6.07) is 8.58. The van der Waals surface area contributed by atoms with E-state index in [-0.39, 0.29) is 7.92 Å². The van der Waals surface area contributed by atoms with Gasteiger partial charge in [0, 0.05) is 4.47 Å². The Hall–Kier alpha value is 0.130. The molecule has 1 rings (SSSR count). The van der Waals surface area contributed by atoms with E-state index < -0.39 is 0 Å². The normalized spacial score (nSPS) is 10.5. The van der Waals surface area contributed by atoms with Crippen LogP contribution in [0.25, 0.3) is 0 Å². The Labute approximate surface area is 77.9 Å². The fourth-order valence-corrected chi connectivity index (χ4v) is 2.16. The summed E-state index contributed by atoms with van der Waals surface area (Å²) in [5.74, 6) is 0. The van der Waals surface area contributed by atoms with Gasteiger partial charge in [-0.05, 0) is 37.2 Å². The molecule has 0 spiro atoms. The molecule has 0 atom stereocenters. The van der Waals surface area contributed by atoms with Crippen molar-refractivity contribution in [2.24, 2.45) is 0 Å². The summed E-state index contributed by atoms with van der Waals surface area (Å²) in [5, 5.41) is 0. The Bertz CT molecular complexity index is 216. The maximum absolute atomic E-state index is 3.42. The topological polar surface area (TPSA) is 0 Å². The van der Waals surface area contributed by atoms with Crippen molar-refractivity contribution in [1.82, 2.24) is 0 Å². The molecule has 0 nitrogen and oxygen atoms in total. The van der Waals surface area contributed by atoms with Crippen LogP contribution in [0.15, 0.2) is 28.7 Å². The molecule has 1 aromatic rings. The van der Waals surface area contributed by atoms with Gasteiger partial charge in [-0.15, -0.1) is 7.92 Å². The Morgan fingerprint density at radius 3 is 2.18 bits per heavy atom. The Kier molecular flexibility index (Phi) is 3.54. The molecule has 0 saturated carbocycles. The van der Waals surface area contributed by atoms with Gasteiger partial charge in [-0.2, -0.15) is 0 Å². The van der Waals surface area contributed by atoms with Gasteiger partial charge in [0.25, 0.3) is 0 Å². The Morgan fingerprint density at radius 2 is 1.73 bits per heavy atom. The molecule has 0 amide bonds. The van der Waals surface area contributed by atoms with Crippen molar-refractivity contribution in [3.8, 4) is 0 Å². The summed E-state index contributed by atoms with van der Waals surface area (Å²) in [6.45, 7) is 4.61. The number of hydrogen-bond acceptors (Lipinski definition) is 0. The van der Waals surface area contributed by atoms with Crippen LogP contribution >= 0.6 is 23.9 Å². The van der Waals surface area contributed by atoms with Crippen LogP contribution in [-0.2, 0) is 6.16 Å². The van der Waals surface area contributed by atoms with E-state index in [2.05, 4.69) is 53.5 Å². The lowest BCUT2D eigenvalue weighted by Gasteiger charge is -2.04. The Balaban J connectivity index is 2.66. The van der Waals surface area contributed by atoms with E-state index in [0.717, 1.165) is 4.47 Å². The predicted octanol–water partition coefficient (Wildman–Crippen LogP) is 3.69. The summed E-state index contributed by atoms with van der Waals surface area (Å²) >= 11 is 3.42. The van der Waals surface area contributed by atoms with Crippen molar-refractivity contribution in [2.75, 3.05) is 13.3 Å². The van der Waals surface area contributed by atoms with Gasteiger partial charge in [0.1, 0.15) is 0 Å². The summed E-state index contributed by atoms with van der Waals surface area (Å²) in [7, 11) is 0.198. The summed E-state index contributed by atoms with van der Waals surface area (Å²) < 4.78 is 1.16. The molecule has 0 unspecified atom stereocenters. The largest absolute Gasteiger partial charge is 0.109 e. The standard InChI is InChI=1S/C9H12BrP/c1-11(2)7-8-3-5-9(10)6-4-8/h3-6H,7H2,1-2H3.